The molecule has 0 aliphatic carbocycles. The number of benzene rings is 1. The Hall–Kier alpha value is -3.73. The SMILES string of the molecule is Cc1nn(C(F)F)cc1C1(N)N=C(N)c2c(-c3ccc4[nH]ccc4c3)nn(C(C)C)c2N1. The first-order valence-electron chi connectivity index (χ1n) is 10.1. The highest BCUT2D eigenvalue weighted by molar-refractivity contribution is 6.09. The summed E-state index contributed by atoms with van der Waals surface area (Å²) in [5.41, 5.74) is 16.8. The topological polar surface area (TPSA) is 128 Å². The predicted octanol–water partition coefficient (Wildman–Crippen LogP) is 3.41. The van der Waals surface area contributed by atoms with Gasteiger partial charge < -0.3 is 16.0 Å². The number of hydrogen-bond donors (Lipinski definition) is 4. The van der Waals surface area contributed by atoms with Crippen LogP contribution in [-0.2, 0) is 5.79 Å². The molecule has 4 aromatic rings. The van der Waals surface area contributed by atoms with E-state index in [2.05, 4.69) is 20.4 Å². The molecule has 1 aliphatic rings. The minimum absolute atomic E-state index is 0.0268. The van der Waals surface area contributed by atoms with Crippen molar-refractivity contribution in [3.05, 3.63) is 53.5 Å². The van der Waals surface area contributed by atoms with Crippen molar-refractivity contribution in [2.45, 2.75) is 39.1 Å². The minimum Gasteiger partial charge on any atom is -0.383 e. The lowest BCUT2D eigenvalue weighted by atomic mass is 10.0. The third-order valence-corrected chi connectivity index (χ3v) is 5.62. The van der Waals surface area contributed by atoms with Gasteiger partial charge in [-0.15, -0.1) is 0 Å². The lowest BCUT2D eigenvalue weighted by molar-refractivity contribution is 0.0561. The van der Waals surface area contributed by atoms with Gasteiger partial charge in [0.1, 0.15) is 17.3 Å². The normalized spacial score (nSPS) is 18.3. The second kappa shape index (κ2) is 6.89. The molecule has 6 N–H and O–H groups in total. The molecule has 0 saturated carbocycles. The van der Waals surface area contributed by atoms with Crippen LogP contribution in [0.4, 0.5) is 14.6 Å². The summed E-state index contributed by atoms with van der Waals surface area (Å²) in [5, 5.41) is 12.9. The molecular weight excluding hydrogens is 416 g/mol. The summed E-state index contributed by atoms with van der Waals surface area (Å²) in [6.45, 7) is 2.77. The van der Waals surface area contributed by atoms with Gasteiger partial charge in [-0.1, -0.05) is 6.07 Å². The molecule has 4 heterocycles. The van der Waals surface area contributed by atoms with Gasteiger partial charge >= 0.3 is 6.55 Å². The number of aromatic nitrogens is 5. The fourth-order valence-electron chi connectivity index (χ4n) is 4.11. The van der Waals surface area contributed by atoms with Crippen LogP contribution in [0.3, 0.4) is 0 Å². The quantitative estimate of drug-likeness (QED) is 0.387. The number of rotatable bonds is 4. The number of halogens is 2. The van der Waals surface area contributed by atoms with Gasteiger partial charge in [-0.3, -0.25) is 5.73 Å². The first-order chi connectivity index (χ1) is 15.2. The molecule has 0 bridgehead atoms. The van der Waals surface area contributed by atoms with Crippen molar-refractivity contribution in [2.24, 2.45) is 16.5 Å². The molecule has 9 nitrogen and oxygen atoms in total. The van der Waals surface area contributed by atoms with E-state index in [0.29, 0.717) is 33.0 Å². The molecule has 166 valence electrons. The van der Waals surface area contributed by atoms with Crippen LogP contribution in [0.15, 0.2) is 41.7 Å². The van der Waals surface area contributed by atoms with Crippen LogP contribution in [0.25, 0.3) is 22.2 Å². The molecule has 0 spiro atoms. The van der Waals surface area contributed by atoms with Crippen molar-refractivity contribution in [3.8, 4) is 11.3 Å². The fourth-order valence-corrected chi connectivity index (χ4v) is 4.11. The molecule has 1 unspecified atom stereocenters. The maximum atomic E-state index is 13.2. The Labute approximate surface area is 182 Å². The lowest BCUT2D eigenvalue weighted by Crippen LogP contribution is -2.48. The summed E-state index contributed by atoms with van der Waals surface area (Å²) < 4.78 is 28.7. The van der Waals surface area contributed by atoms with Gasteiger partial charge in [-0.05, 0) is 39.0 Å². The van der Waals surface area contributed by atoms with Crippen LogP contribution >= 0.6 is 0 Å². The summed E-state index contributed by atoms with van der Waals surface area (Å²) in [6, 6.07) is 7.91. The Balaban J connectivity index is 1.67. The van der Waals surface area contributed by atoms with Gasteiger partial charge in [0.05, 0.1) is 16.8 Å². The largest absolute Gasteiger partial charge is 0.383 e. The van der Waals surface area contributed by atoms with Crippen molar-refractivity contribution in [3.63, 3.8) is 0 Å². The summed E-state index contributed by atoms with van der Waals surface area (Å²) >= 11 is 0. The number of amidine groups is 1. The molecular formula is C21H23F2N9. The molecule has 3 aromatic heterocycles. The zero-order valence-electron chi connectivity index (χ0n) is 17.8. The van der Waals surface area contributed by atoms with Crippen molar-refractivity contribution in [2.75, 3.05) is 5.32 Å². The van der Waals surface area contributed by atoms with Gasteiger partial charge in [0.25, 0.3) is 0 Å². The lowest BCUT2D eigenvalue weighted by Gasteiger charge is -2.32. The number of aliphatic imine (C=N–C) groups is 1. The average molecular weight is 439 g/mol. The monoisotopic (exact) mass is 439 g/mol. The number of H-pyrrole nitrogens is 1. The number of hydrogen-bond acceptors (Lipinski definition) is 6. The smallest absolute Gasteiger partial charge is 0.333 e. The van der Waals surface area contributed by atoms with Gasteiger partial charge in [0.15, 0.2) is 0 Å². The number of alkyl halides is 2. The Morgan fingerprint density at radius 2 is 1.94 bits per heavy atom. The molecule has 11 heteroatoms. The first-order valence-corrected chi connectivity index (χ1v) is 10.1. The summed E-state index contributed by atoms with van der Waals surface area (Å²) in [5.74, 6) is -0.826. The van der Waals surface area contributed by atoms with Crippen molar-refractivity contribution >= 4 is 22.6 Å². The second-order valence-electron chi connectivity index (χ2n) is 8.16. The van der Waals surface area contributed by atoms with Crippen LogP contribution in [0.1, 0.15) is 43.3 Å². The number of aromatic amines is 1. The van der Waals surface area contributed by atoms with E-state index >= 15 is 0 Å². The molecule has 0 amide bonds. The zero-order chi connectivity index (χ0) is 22.8. The number of anilines is 1. The number of nitrogens with two attached hydrogens (primary N) is 2. The van der Waals surface area contributed by atoms with Crippen LogP contribution in [0.2, 0.25) is 0 Å². The van der Waals surface area contributed by atoms with E-state index in [4.69, 9.17) is 16.6 Å². The molecule has 5 rings (SSSR count). The van der Waals surface area contributed by atoms with Gasteiger partial charge in [-0.25, -0.2) is 14.4 Å². The van der Waals surface area contributed by atoms with Gasteiger partial charge in [0.2, 0.25) is 5.79 Å². The highest BCUT2D eigenvalue weighted by atomic mass is 19.3. The van der Waals surface area contributed by atoms with Gasteiger partial charge in [-0.2, -0.15) is 19.0 Å². The van der Waals surface area contributed by atoms with E-state index in [0.717, 1.165) is 16.5 Å². The number of fused-ring (bicyclic) bond motifs is 2. The Bertz CT molecular complexity index is 1360. The summed E-state index contributed by atoms with van der Waals surface area (Å²) in [4.78, 5) is 7.65. The fraction of sp³-hybridized carbons (Fsp3) is 0.286. The third-order valence-electron chi connectivity index (χ3n) is 5.62. The predicted molar refractivity (Wildman–Crippen MR) is 118 cm³/mol. The van der Waals surface area contributed by atoms with Gasteiger partial charge in [0, 0.05) is 34.9 Å². The van der Waals surface area contributed by atoms with Crippen LogP contribution in [0, 0.1) is 6.92 Å². The standard InChI is InChI=1S/C21H23F2N9/c1-10(2)32-19-16(17(30-32)13-4-5-15-12(8-13)6-7-26-15)18(24)27-21(25,28-19)14-9-31(20(22)23)29-11(14)3/h4-10,20,26,28H,25H2,1-3H3,(H2,24,27). The Morgan fingerprint density at radius 1 is 1.16 bits per heavy atom. The maximum Gasteiger partial charge on any atom is 0.333 e. The number of nitrogens with zero attached hydrogens (tertiary/aromatic N) is 5. The third kappa shape index (κ3) is 2.96. The highest BCUT2D eigenvalue weighted by Crippen LogP contribution is 2.39. The summed E-state index contributed by atoms with van der Waals surface area (Å²) in [6.07, 6.45) is 3.06. The first kappa shape index (κ1) is 20.2. The van der Waals surface area contributed by atoms with E-state index in [1.165, 1.54) is 6.20 Å². The van der Waals surface area contributed by atoms with Crippen molar-refractivity contribution < 1.29 is 8.78 Å². The van der Waals surface area contributed by atoms with E-state index in [-0.39, 0.29) is 11.9 Å². The van der Waals surface area contributed by atoms with E-state index < -0.39 is 12.3 Å². The molecule has 0 fully saturated rings. The van der Waals surface area contributed by atoms with Crippen LogP contribution in [0.5, 0.6) is 0 Å². The van der Waals surface area contributed by atoms with Crippen molar-refractivity contribution in [1.82, 2.24) is 24.5 Å². The molecule has 0 saturated heterocycles. The average Bonchev–Trinajstić information content (AvgIpc) is 3.43. The zero-order valence-corrected chi connectivity index (χ0v) is 17.8. The van der Waals surface area contributed by atoms with Crippen LogP contribution < -0.4 is 16.8 Å². The Kier molecular flexibility index (Phi) is 4.35. The minimum atomic E-state index is -2.79. The summed E-state index contributed by atoms with van der Waals surface area (Å²) in [7, 11) is 0. The molecule has 1 aliphatic heterocycles. The molecule has 32 heavy (non-hydrogen) atoms. The molecule has 1 atom stereocenters. The molecule has 1 aromatic carbocycles. The number of nitrogens with one attached hydrogen (secondary N) is 2. The van der Waals surface area contributed by atoms with E-state index in [1.54, 1.807) is 11.6 Å². The number of aryl methyl sites for hydroxylation is 1. The molecule has 0 radical (unpaired) electrons. The van der Waals surface area contributed by atoms with Crippen molar-refractivity contribution in [1.29, 1.82) is 0 Å². The second-order valence-corrected chi connectivity index (χ2v) is 8.16. The van der Waals surface area contributed by atoms with E-state index in [1.807, 2.05) is 44.3 Å². The van der Waals surface area contributed by atoms with Crippen LogP contribution in [-0.4, -0.2) is 30.4 Å². The van der Waals surface area contributed by atoms with E-state index in [9.17, 15) is 8.78 Å². The highest BCUT2D eigenvalue weighted by Gasteiger charge is 2.39. The Morgan fingerprint density at radius 3 is 2.62 bits per heavy atom. The maximum absolute atomic E-state index is 13.2.